The number of anilines is 1. The maximum Gasteiger partial charge on any atom is 0.244 e. The number of nitrogens with one attached hydrogen (secondary N) is 1. The van der Waals surface area contributed by atoms with Crippen LogP contribution < -0.4 is 11.1 Å². The molecule has 1 aromatic carbocycles. The maximum atomic E-state index is 12.2. The Bertz CT molecular complexity index is 598. The molecule has 1 aliphatic rings. The molecule has 5 nitrogen and oxygen atoms in total. The summed E-state index contributed by atoms with van der Waals surface area (Å²) in [6, 6.07) is 3.29. The van der Waals surface area contributed by atoms with Gasteiger partial charge in [-0.3, -0.25) is 4.79 Å². The van der Waals surface area contributed by atoms with Crippen LogP contribution in [0.2, 0.25) is 0 Å². The first-order valence-corrected chi connectivity index (χ1v) is 7.27. The molecule has 2 rings (SSSR count). The lowest BCUT2D eigenvalue weighted by molar-refractivity contribution is -0.115. The number of hydrogen-bond acceptors (Lipinski definition) is 4. The standard InChI is InChI=1S/C10H11BrN2O3S/c1-5-2-6(11)9-7(3-5)17(15,16)8(4-12)10(14)13-9/h2-3,8H,4,12H2,1H3,(H,13,14). The molecule has 92 valence electrons. The van der Waals surface area contributed by atoms with Crippen molar-refractivity contribution in [2.24, 2.45) is 5.73 Å². The van der Waals surface area contributed by atoms with Gasteiger partial charge in [0.2, 0.25) is 5.91 Å². The van der Waals surface area contributed by atoms with E-state index in [2.05, 4.69) is 21.2 Å². The minimum atomic E-state index is -3.69. The number of carbonyl (C=O) groups is 1. The molecule has 0 fully saturated rings. The normalized spacial score (nSPS) is 21.8. The Kier molecular flexibility index (Phi) is 3.01. The Balaban J connectivity index is 2.76. The molecule has 1 aliphatic heterocycles. The topological polar surface area (TPSA) is 89.3 Å². The molecule has 0 aliphatic carbocycles. The molecule has 0 aromatic heterocycles. The lowest BCUT2D eigenvalue weighted by Gasteiger charge is -2.25. The zero-order valence-corrected chi connectivity index (χ0v) is 11.4. The van der Waals surface area contributed by atoms with E-state index in [1.54, 1.807) is 13.0 Å². The van der Waals surface area contributed by atoms with Crippen LogP contribution in [-0.4, -0.2) is 26.1 Å². The van der Waals surface area contributed by atoms with Crippen LogP contribution in [-0.2, 0) is 14.6 Å². The summed E-state index contributed by atoms with van der Waals surface area (Å²) in [5, 5.41) is 1.36. The number of amides is 1. The number of halogens is 1. The predicted molar refractivity (Wildman–Crippen MR) is 67.5 cm³/mol. The SMILES string of the molecule is Cc1cc(Br)c2c(c1)S(=O)(=O)C(CN)C(=O)N2. The van der Waals surface area contributed by atoms with E-state index < -0.39 is 21.0 Å². The molecule has 0 saturated heterocycles. The monoisotopic (exact) mass is 318 g/mol. The Hall–Kier alpha value is -0.920. The van der Waals surface area contributed by atoms with E-state index in [0.29, 0.717) is 10.2 Å². The number of nitrogens with two attached hydrogens (primary N) is 1. The molecule has 0 radical (unpaired) electrons. The summed E-state index contributed by atoms with van der Waals surface area (Å²) in [6.45, 7) is 1.56. The van der Waals surface area contributed by atoms with Gasteiger partial charge in [0.05, 0.1) is 10.6 Å². The average molecular weight is 319 g/mol. The van der Waals surface area contributed by atoms with E-state index in [9.17, 15) is 13.2 Å². The smallest absolute Gasteiger partial charge is 0.244 e. The number of rotatable bonds is 1. The minimum absolute atomic E-state index is 0.124. The van der Waals surface area contributed by atoms with Crippen molar-refractivity contribution in [2.45, 2.75) is 17.1 Å². The van der Waals surface area contributed by atoms with Gasteiger partial charge in [-0.05, 0) is 40.5 Å². The van der Waals surface area contributed by atoms with Crippen LogP contribution in [0.1, 0.15) is 5.56 Å². The van der Waals surface area contributed by atoms with E-state index in [-0.39, 0.29) is 11.4 Å². The second-order valence-corrected chi connectivity index (χ2v) is 6.83. The Labute approximate surface area is 107 Å². The van der Waals surface area contributed by atoms with Crippen molar-refractivity contribution in [1.82, 2.24) is 0 Å². The van der Waals surface area contributed by atoms with Crippen molar-refractivity contribution in [2.75, 3.05) is 11.9 Å². The van der Waals surface area contributed by atoms with E-state index in [0.717, 1.165) is 5.56 Å². The van der Waals surface area contributed by atoms with Gasteiger partial charge in [-0.25, -0.2) is 8.42 Å². The van der Waals surface area contributed by atoms with Gasteiger partial charge < -0.3 is 11.1 Å². The summed E-state index contributed by atoms with van der Waals surface area (Å²) >= 11 is 3.24. The zero-order valence-electron chi connectivity index (χ0n) is 9.03. The van der Waals surface area contributed by atoms with E-state index >= 15 is 0 Å². The fourth-order valence-corrected chi connectivity index (χ4v) is 4.29. The first kappa shape index (κ1) is 12.5. The molecule has 7 heteroatoms. The van der Waals surface area contributed by atoms with Crippen LogP contribution in [0.5, 0.6) is 0 Å². The van der Waals surface area contributed by atoms with Gasteiger partial charge in [0.25, 0.3) is 0 Å². The van der Waals surface area contributed by atoms with Gasteiger partial charge in [0.15, 0.2) is 15.1 Å². The average Bonchev–Trinajstić information content (AvgIpc) is 2.20. The molecule has 1 unspecified atom stereocenters. The third-order valence-corrected chi connectivity index (χ3v) is 5.35. The summed E-state index contributed by atoms with van der Waals surface area (Å²) in [7, 11) is -3.69. The first-order chi connectivity index (χ1) is 7.87. The molecule has 0 spiro atoms. The second-order valence-electron chi connectivity index (χ2n) is 3.88. The van der Waals surface area contributed by atoms with E-state index in [1.807, 2.05) is 0 Å². The van der Waals surface area contributed by atoms with Gasteiger partial charge in [0.1, 0.15) is 0 Å². The maximum absolute atomic E-state index is 12.2. The van der Waals surface area contributed by atoms with Crippen molar-refractivity contribution < 1.29 is 13.2 Å². The first-order valence-electron chi connectivity index (χ1n) is 4.93. The summed E-state index contributed by atoms with van der Waals surface area (Å²) in [6.07, 6.45) is 0. The Morgan fingerprint density at radius 1 is 1.47 bits per heavy atom. The number of aryl methyl sites for hydroxylation is 1. The van der Waals surface area contributed by atoms with Crippen LogP contribution >= 0.6 is 15.9 Å². The molecule has 1 atom stereocenters. The highest BCUT2D eigenvalue weighted by molar-refractivity contribution is 9.10. The highest BCUT2D eigenvalue weighted by Gasteiger charge is 2.40. The molecular formula is C10H11BrN2O3S. The summed E-state index contributed by atoms with van der Waals surface area (Å²) in [5.41, 5.74) is 6.44. The number of carbonyl (C=O) groups excluding carboxylic acids is 1. The Morgan fingerprint density at radius 3 is 2.71 bits per heavy atom. The second kappa shape index (κ2) is 4.08. The lowest BCUT2D eigenvalue weighted by Crippen LogP contribution is -2.44. The van der Waals surface area contributed by atoms with Crippen LogP contribution in [0.15, 0.2) is 21.5 Å². The van der Waals surface area contributed by atoms with Gasteiger partial charge in [-0.15, -0.1) is 0 Å². The minimum Gasteiger partial charge on any atom is -0.329 e. The predicted octanol–water partition coefficient (Wildman–Crippen LogP) is 0.811. The van der Waals surface area contributed by atoms with Crippen LogP contribution in [0.4, 0.5) is 5.69 Å². The van der Waals surface area contributed by atoms with Crippen molar-refractivity contribution >= 4 is 37.4 Å². The largest absolute Gasteiger partial charge is 0.329 e. The lowest BCUT2D eigenvalue weighted by atomic mass is 10.2. The van der Waals surface area contributed by atoms with E-state index in [1.165, 1.54) is 6.07 Å². The molecule has 3 N–H and O–H groups in total. The van der Waals surface area contributed by atoms with Gasteiger partial charge in [-0.2, -0.15) is 0 Å². The van der Waals surface area contributed by atoms with Gasteiger partial charge in [-0.1, -0.05) is 0 Å². The number of benzene rings is 1. The van der Waals surface area contributed by atoms with Gasteiger partial charge >= 0.3 is 0 Å². The summed E-state index contributed by atoms with van der Waals surface area (Å²) < 4.78 is 24.9. The van der Waals surface area contributed by atoms with Crippen LogP contribution in [0.3, 0.4) is 0 Å². The summed E-state index contributed by atoms with van der Waals surface area (Å²) in [5.74, 6) is -0.579. The van der Waals surface area contributed by atoms with Crippen LogP contribution in [0, 0.1) is 6.92 Å². The molecule has 1 aromatic rings. The molecule has 1 heterocycles. The quantitative estimate of drug-likeness (QED) is 0.802. The highest BCUT2D eigenvalue weighted by atomic mass is 79.9. The number of hydrogen-bond donors (Lipinski definition) is 2. The molecule has 1 amide bonds. The van der Waals surface area contributed by atoms with Gasteiger partial charge in [0, 0.05) is 11.0 Å². The van der Waals surface area contributed by atoms with Crippen molar-refractivity contribution in [1.29, 1.82) is 0 Å². The molecular weight excluding hydrogens is 308 g/mol. The molecule has 0 bridgehead atoms. The fraction of sp³-hybridized carbons (Fsp3) is 0.300. The zero-order chi connectivity index (χ0) is 12.8. The molecule has 17 heavy (non-hydrogen) atoms. The van der Waals surface area contributed by atoms with E-state index in [4.69, 9.17) is 5.73 Å². The number of sulfone groups is 1. The summed E-state index contributed by atoms with van der Waals surface area (Å²) in [4.78, 5) is 11.8. The van der Waals surface area contributed by atoms with Crippen molar-refractivity contribution in [3.63, 3.8) is 0 Å². The van der Waals surface area contributed by atoms with Crippen molar-refractivity contribution in [3.8, 4) is 0 Å². The van der Waals surface area contributed by atoms with Crippen LogP contribution in [0.25, 0.3) is 0 Å². The van der Waals surface area contributed by atoms with Crippen molar-refractivity contribution in [3.05, 3.63) is 22.2 Å². The highest BCUT2D eigenvalue weighted by Crippen LogP contribution is 2.36. The fourth-order valence-electron chi connectivity index (χ4n) is 1.79. The third kappa shape index (κ3) is 1.88. The Morgan fingerprint density at radius 2 is 2.12 bits per heavy atom. The third-order valence-electron chi connectivity index (χ3n) is 2.63. The molecule has 0 saturated carbocycles. The number of fused-ring (bicyclic) bond motifs is 1.